The van der Waals surface area contributed by atoms with Gasteiger partial charge in [0.1, 0.15) is 0 Å². The topological polar surface area (TPSA) is 66.4 Å². The lowest BCUT2D eigenvalue weighted by atomic mass is 10.3. The number of ether oxygens (including phenoxy) is 1. The van der Waals surface area contributed by atoms with E-state index >= 15 is 0 Å². The molecule has 0 aliphatic rings. The van der Waals surface area contributed by atoms with Gasteiger partial charge in [-0.05, 0) is 25.7 Å². The first-order valence-corrected chi connectivity index (χ1v) is 15.9. The number of unbranched alkanes of at least 4 members (excludes halogenated alkanes) is 4. The lowest BCUT2D eigenvalue weighted by Gasteiger charge is -2.31. The standard InChI is InChI=1S/C16H36P.C5H2F10O4S/c1-5-9-13-17(14-10-6-2,15-11-7-3)16-12-8-4;6-1(2(7,8)20(16,17)18)19-5(14,15)3(9,10)4(11,12)13/h5-16H2,1-4H3;1H,(H,16,17,18)/q+1;/p-1. The van der Waals surface area contributed by atoms with Gasteiger partial charge in [-0.2, -0.15) is 39.5 Å². The Morgan fingerprint density at radius 2 is 1.00 bits per heavy atom. The quantitative estimate of drug-likeness (QED) is 0.0947. The van der Waals surface area contributed by atoms with Crippen molar-refractivity contribution in [2.75, 3.05) is 24.6 Å². The third kappa shape index (κ3) is 12.1. The maximum absolute atomic E-state index is 12.4. The van der Waals surface area contributed by atoms with E-state index < -0.39 is 47.2 Å². The summed E-state index contributed by atoms with van der Waals surface area (Å²) in [5.74, 6) is -7.12. The van der Waals surface area contributed by atoms with Crippen molar-refractivity contribution < 1.29 is 61.6 Å². The highest BCUT2D eigenvalue weighted by atomic mass is 32.2. The summed E-state index contributed by atoms with van der Waals surface area (Å²) in [4.78, 5) is 0. The maximum Gasteiger partial charge on any atom is 0.462 e. The van der Waals surface area contributed by atoms with Gasteiger partial charge in [-0.15, -0.1) is 0 Å². The van der Waals surface area contributed by atoms with E-state index in [0.29, 0.717) is 0 Å². The zero-order valence-corrected chi connectivity index (χ0v) is 23.0. The number of hydrogen-bond acceptors (Lipinski definition) is 4. The summed E-state index contributed by atoms with van der Waals surface area (Å²) in [7, 11) is -7.56. The number of rotatable bonds is 17. The van der Waals surface area contributed by atoms with Crippen molar-refractivity contribution in [2.24, 2.45) is 0 Å². The van der Waals surface area contributed by atoms with Gasteiger partial charge in [-0.1, -0.05) is 53.4 Å². The molecule has 1 unspecified atom stereocenters. The molecule has 226 valence electrons. The Labute approximate surface area is 213 Å². The van der Waals surface area contributed by atoms with Crippen LogP contribution in [0.4, 0.5) is 43.9 Å². The molecule has 0 saturated carbocycles. The minimum atomic E-state index is -7.12. The second-order valence-electron chi connectivity index (χ2n) is 8.69. The predicted octanol–water partition coefficient (Wildman–Crippen LogP) is 8.43. The molecule has 0 aliphatic heterocycles. The van der Waals surface area contributed by atoms with Gasteiger partial charge in [0.15, 0.2) is 10.1 Å². The summed E-state index contributed by atoms with van der Waals surface area (Å²) in [6.07, 6.45) is -1.23. The second-order valence-corrected chi connectivity index (χ2v) is 14.6. The molecule has 0 aromatic heterocycles. The monoisotopic (exact) mass is 606 g/mol. The third-order valence-electron chi connectivity index (χ3n) is 5.51. The Morgan fingerprint density at radius 1 is 0.703 bits per heavy atom. The summed E-state index contributed by atoms with van der Waals surface area (Å²) in [6, 6.07) is 0. The molecule has 0 saturated heterocycles. The average molecular weight is 607 g/mol. The molecule has 0 aromatic carbocycles. The van der Waals surface area contributed by atoms with Crippen molar-refractivity contribution >= 4 is 17.4 Å². The maximum atomic E-state index is 12.4. The van der Waals surface area contributed by atoms with Crippen LogP contribution >= 0.6 is 7.26 Å². The Bertz CT molecular complexity index is 696. The molecule has 37 heavy (non-hydrogen) atoms. The molecule has 0 heterocycles. The van der Waals surface area contributed by atoms with Crippen LogP contribution in [0.2, 0.25) is 0 Å². The molecule has 16 heteroatoms. The second kappa shape index (κ2) is 16.0. The van der Waals surface area contributed by atoms with Gasteiger partial charge in [0.25, 0.3) is 6.36 Å². The van der Waals surface area contributed by atoms with Gasteiger partial charge in [-0.3, -0.25) is 4.74 Å². The third-order valence-corrected chi connectivity index (χ3v) is 11.4. The van der Waals surface area contributed by atoms with Crippen LogP contribution in [0.5, 0.6) is 0 Å². The highest BCUT2D eigenvalue weighted by Gasteiger charge is 2.76. The van der Waals surface area contributed by atoms with E-state index in [-0.39, 0.29) is 0 Å². The van der Waals surface area contributed by atoms with Crippen LogP contribution in [0, 0.1) is 0 Å². The first kappa shape index (κ1) is 38.7. The van der Waals surface area contributed by atoms with Gasteiger partial charge in [0.05, 0.1) is 24.6 Å². The van der Waals surface area contributed by atoms with E-state index in [1.54, 1.807) is 24.6 Å². The summed E-state index contributed by atoms with van der Waals surface area (Å²) in [5.41, 5.74) is 0. The molecular formula is C21H37F10O4PS. The van der Waals surface area contributed by atoms with Crippen molar-refractivity contribution in [2.45, 2.75) is 109 Å². The normalized spacial score (nSPS) is 14.8. The highest BCUT2D eigenvalue weighted by molar-refractivity contribution is 7.86. The molecule has 0 fully saturated rings. The molecular weight excluding hydrogens is 569 g/mol. The number of hydrogen-bond donors (Lipinski definition) is 0. The molecule has 0 spiro atoms. The van der Waals surface area contributed by atoms with Crippen LogP contribution in [0.1, 0.15) is 79.1 Å². The molecule has 0 rings (SSSR count). The largest absolute Gasteiger partial charge is 0.743 e. The van der Waals surface area contributed by atoms with Gasteiger partial charge >= 0.3 is 23.5 Å². The number of alkyl halides is 10. The Balaban J connectivity index is 0. The molecule has 0 radical (unpaired) electrons. The first-order valence-electron chi connectivity index (χ1n) is 11.9. The summed E-state index contributed by atoms with van der Waals surface area (Å²) >= 11 is 0. The van der Waals surface area contributed by atoms with E-state index in [1.807, 2.05) is 4.74 Å². The molecule has 4 nitrogen and oxygen atoms in total. The van der Waals surface area contributed by atoms with Gasteiger partial charge in [-0.25, -0.2) is 12.8 Å². The minimum Gasteiger partial charge on any atom is -0.743 e. The SMILES string of the molecule is CCCC[P+](CCCC)(CCCC)CCCC.O=S(=O)([O-])C(F)(F)C(F)OC(F)(F)C(F)(F)C(F)(F)F. The highest BCUT2D eigenvalue weighted by Crippen LogP contribution is 2.61. The molecule has 0 amide bonds. The van der Waals surface area contributed by atoms with Gasteiger partial charge in [0.2, 0.25) is 0 Å². The van der Waals surface area contributed by atoms with Crippen LogP contribution in [0.25, 0.3) is 0 Å². The van der Waals surface area contributed by atoms with E-state index in [0.717, 1.165) is 0 Å². The smallest absolute Gasteiger partial charge is 0.462 e. The van der Waals surface area contributed by atoms with E-state index in [1.165, 1.54) is 51.4 Å². The molecule has 0 bridgehead atoms. The van der Waals surface area contributed by atoms with Crippen molar-refractivity contribution in [3.8, 4) is 0 Å². The van der Waals surface area contributed by atoms with Crippen LogP contribution in [0.3, 0.4) is 0 Å². The van der Waals surface area contributed by atoms with Crippen LogP contribution < -0.4 is 0 Å². The summed E-state index contributed by atoms with van der Waals surface area (Å²) in [5, 5.41) is -6.31. The van der Waals surface area contributed by atoms with Crippen LogP contribution in [0.15, 0.2) is 0 Å². The fourth-order valence-corrected chi connectivity index (χ4v) is 8.76. The summed E-state index contributed by atoms with van der Waals surface area (Å²) in [6.45, 7) is 9.42. The lowest BCUT2D eigenvalue weighted by Crippen LogP contribution is -2.56. The first-order chi connectivity index (χ1) is 16.6. The van der Waals surface area contributed by atoms with Gasteiger partial charge in [0, 0.05) is 7.26 Å². The van der Waals surface area contributed by atoms with Crippen molar-refractivity contribution in [3.63, 3.8) is 0 Å². The van der Waals surface area contributed by atoms with Crippen molar-refractivity contribution in [1.82, 2.24) is 0 Å². The summed E-state index contributed by atoms with van der Waals surface area (Å²) < 4.78 is 151. The molecule has 0 N–H and O–H groups in total. The van der Waals surface area contributed by atoms with Gasteiger partial charge < -0.3 is 4.55 Å². The zero-order valence-electron chi connectivity index (χ0n) is 21.3. The minimum absolute atomic E-state index is 0.562. The van der Waals surface area contributed by atoms with E-state index in [4.69, 9.17) is 0 Å². The number of halogens is 10. The lowest BCUT2D eigenvalue weighted by molar-refractivity contribution is -0.446. The fourth-order valence-electron chi connectivity index (χ4n) is 3.20. The van der Waals surface area contributed by atoms with E-state index in [9.17, 15) is 56.9 Å². The Hall–Kier alpha value is -0.400. The average Bonchev–Trinajstić information content (AvgIpc) is 2.76. The Morgan fingerprint density at radius 3 is 1.22 bits per heavy atom. The van der Waals surface area contributed by atoms with Crippen LogP contribution in [-0.4, -0.2) is 67.4 Å². The predicted molar refractivity (Wildman–Crippen MR) is 123 cm³/mol. The van der Waals surface area contributed by atoms with Crippen molar-refractivity contribution in [1.29, 1.82) is 0 Å². The van der Waals surface area contributed by atoms with E-state index in [2.05, 4.69) is 27.7 Å². The molecule has 1 atom stereocenters. The molecule has 0 aromatic rings. The molecule has 0 aliphatic carbocycles. The Kier molecular flexibility index (Phi) is 16.8. The fraction of sp³-hybridized carbons (Fsp3) is 1.00. The van der Waals surface area contributed by atoms with Crippen molar-refractivity contribution in [3.05, 3.63) is 0 Å². The van der Waals surface area contributed by atoms with Crippen LogP contribution in [-0.2, 0) is 14.9 Å². The zero-order chi connectivity index (χ0) is 29.8.